The van der Waals surface area contributed by atoms with Gasteiger partial charge in [0.1, 0.15) is 0 Å². The maximum atomic E-state index is 2.57. The van der Waals surface area contributed by atoms with Crippen molar-refractivity contribution in [1.82, 2.24) is 0 Å². The van der Waals surface area contributed by atoms with Crippen molar-refractivity contribution in [2.45, 2.75) is 72.6 Å². The van der Waals surface area contributed by atoms with Gasteiger partial charge in [0.05, 0.1) is 0 Å². The zero-order valence-electron chi connectivity index (χ0n) is 10.9. The third-order valence-corrected chi connectivity index (χ3v) is 5.72. The first-order valence-electron chi connectivity index (χ1n) is 6.80. The van der Waals surface area contributed by atoms with E-state index in [0.717, 1.165) is 5.41 Å². The molecule has 15 heavy (non-hydrogen) atoms. The van der Waals surface area contributed by atoms with Crippen molar-refractivity contribution < 1.29 is 0 Å². The van der Waals surface area contributed by atoms with Crippen LogP contribution in [0.2, 0.25) is 0 Å². The maximum Gasteiger partial charge on any atom is -0.0285 e. The van der Waals surface area contributed by atoms with E-state index in [0.29, 0.717) is 16.2 Å². The average molecular weight is 206 g/mol. The van der Waals surface area contributed by atoms with E-state index in [1.54, 1.807) is 0 Å². The lowest BCUT2D eigenvalue weighted by molar-refractivity contribution is -0.184. The molecule has 4 saturated carbocycles. The summed E-state index contributed by atoms with van der Waals surface area (Å²) in [6.07, 6.45) is 10.5. The fourth-order valence-corrected chi connectivity index (χ4v) is 6.93. The number of hydrogen-bond donors (Lipinski definition) is 0. The van der Waals surface area contributed by atoms with Crippen LogP contribution in [0.1, 0.15) is 72.6 Å². The second-order valence-electron chi connectivity index (χ2n) is 8.35. The molecule has 0 aliphatic heterocycles. The van der Waals surface area contributed by atoms with E-state index < -0.39 is 0 Å². The average Bonchev–Trinajstić information content (AvgIpc) is 1.94. The molecule has 86 valence electrons. The minimum atomic E-state index is 0.689. The second kappa shape index (κ2) is 2.46. The van der Waals surface area contributed by atoms with Crippen LogP contribution in [0.5, 0.6) is 0 Å². The van der Waals surface area contributed by atoms with Crippen LogP contribution >= 0.6 is 0 Å². The van der Waals surface area contributed by atoms with E-state index in [1.165, 1.54) is 44.9 Å². The van der Waals surface area contributed by atoms with Crippen LogP contribution < -0.4 is 0 Å². The minimum absolute atomic E-state index is 0.689. The molecule has 0 heterocycles. The van der Waals surface area contributed by atoms with Gasteiger partial charge in [0.25, 0.3) is 0 Å². The van der Waals surface area contributed by atoms with Crippen molar-refractivity contribution in [3.63, 3.8) is 0 Å². The Morgan fingerprint density at radius 1 is 0.667 bits per heavy atom. The van der Waals surface area contributed by atoms with Gasteiger partial charge in [0, 0.05) is 0 Å². The van der Waals surface area contributed by atoms with E-state index in [1.807, 2.05) is 0 Å². The minimum Gasteiger partial charge on any atom is -0.0649 e. The Labute approximate surface area is 94.8 Å². The summed E-state index contributed by atoms with van der Waals surface area (Å²) in [6, 6.07) is 0. The normalized spacial score (nSPS) is 62.4. The highest BCUT2D eigenvalue weighted by Gasteiger charge is 2.63. The fourth-order valence-electron chi connectivity index (χ4n) is 6.93. The number of hydrogen-bond acceptors (Lipinski definition) is 0. The molecule has 4 bridgehead atoms. The summed E-state index contributed by atoms with van der Waals surface area (Å²) < 4.78 is 0. The summed E-state index contributed by atoms with van der Waals surface area (Å²) in [7, 11) is 0. The molecule has 0 spiro atoms. The van der Waals surface area contributed by atoms with E-state index in [2.05, 4.69) is 27.7 Å². The van der Waals surface area contributed by atoms with Gasteiger partial charge in [-0.25, -0.2) is 0 Å². The summed E-state index contributed by atoms with van der Waals surface area (Å²) in [5.41, 5.74) is 2.80. The molecular formula is C15H26. The van der Waals surface area contributed by atoms with Crippen molar-refractivity contribution in [3.8, 4) is 0 Å². The summed E-state index contributed by atoms with van der Waals surface area (Å²) in [4.78, 5) is 0. The Morgan fingerprint density at radius 2 is 1.00 bits per heavy atom. The van der Waals surface area contributed by atoms with E-state index >= 15 is 0 Å². The van der Waals surface area contributed by atoms with Crippen LogP contribution in [0.3, 0.4) is 0 Å². The van der Waals surface area contributed by atoms with Crippen molar-refractivity contribution >= 4 is 0 Å². The van der Waals surface area contributed by atoms with E-state index in [9.17, 15) is 0 Å². The quantitative estimate of drug-likeness (QED) is 0.579. The standard InChI is InChI=1S/C15H26/c1-5-15-9-12(2)6-13(3,10-15)8-14(4,7-12)11-15/h5-11H2,1-4H3. The van der Waals surface area contributed by atoms with Gasteiger partial charge in [-0.1, -0.05) is 34.1 Å². The SMILES string of the molecule is CCC12CC3(C)CC(C)(CC(C)(C3)C1)C2. The van der Waals surface area contributed by atoms with Crippen LogP contribution in [-0.4, -0.2) is 0 Å². The summed E-state index contributed by atoms with van der Waals surface area (Å²) in [6.45, 7) is 10.2. The van der Waals surface area contributed by atoms with Crippen molar-refractivity contribution in [1.29, 1.82) is 0 Å². The molecule has 0 nitrogen and oxygen atoms in total. The lowest BCUT2D eigenvalue weighted by Gasteiger charge is -2.69. The molecule has 4 aliphatic carbocycles. The maximum absolute atomic E-state index is 2.57. The highest BCUT2D eigenvalue weighted by atomic mass is 14.7. The Kier molecular flexibility index (Phi) is 1.67. The first-order valence-corrected chi connectivity index (χ1v) is 6.80. The summed E-state index contributed by atoms with van der Waals surface area (Å²) in [5, 5.41) is 0. The molecule has 0 unspecified atom stereocenters. The van der Waals surface area contributed by atoms with Gasteiger partial charge in [0.2, 0.25) is 0 Å². The first kappa shape index (κ1) is 10.2. The molecule has 0 aromatic carbocycles. The van der Waals surface area contributed by atoms with Crippen molar-refractivity contribution in [2.75, 3.05) is 0 Å². The van der Waals surface area contributed by atoms with Gasteiger partial charge in [0.15, 0.2) is 0 Å². The van der Waals surface area contributed by atoms with Gasteiger partial charge < -0.3 is 0 Å². The Bertz CT molecular complexity index is 248. The van der Waals surface area contributed by atoms with Gasteiger partial charge in [-0.3, -0.25) is 0 Å². The highest BCUT2D eigenvalue weighted by molar-refractivity contribution is 5.13. The van der Waals surface area contributed by atoms with Gasteiger partial charge in [-0.05, 0) is 60.2 Å². The predicted octanol–water partition coefficient (Wildman–Crippen LogP) is 4.78. The lowest BCUT2D eigenvalue weighted by Crippen LogP contribution is -2.58. The van der Waals surface area contributed by atoms with Crippen molar-refractivity contribution in [3.05, 3.63) is 0 Å². The molecule has 0 amide bonds. The number of rotatable bonds is 1. The zero-order valence-corrected chi connectivity index (χ0v) is 10.9. The molecule has 0 aromatic rings. The van der Waals surface area contributed by atoms with Crippen LogP contribution in [0, 0.1) is 21.7 Å². The Balaban J connectivity index is 2.06. The van der Waals surface area contributed by atoms with Crippen LogP contribution in [-0.2, 0) is 0 Å². The van der Waals surface area contributed by atoms with E-state index in [4.69, 9.17) is 0 Å². The largest absolute Gasteiger partial charge is 0.0649 e. The van der Waals surface area contributed by atoms with Gasteiger partial charge in [-0.2, -0.15) is 0 Å². The smallest absolute Gasteiger partial charge is 0.0285 e. The molecule has 4 aliphatic rings. The van der Waals surface area contributed by atoms with Gasteiger partial charge in [-0.15, -0.1) is 0 Å². The lowest BCUT2D eigenvalue weighted by atomic mass is 9.36. The molecule has 0 saturated heterocycles. The van der Waals surface area contributed by atoms with Crippen LogP contribution in [0.4, 0.5) is 0 Å². The first-order chi connectivity index (χ1) is 6.80. The molecule has 0 N–H and O–H groups in total. The van der Waals surface area contributed by atoms with Crippen LogP contribution in [0.15, 0.2) is 0 Å². The summed E-state index contributed by atoms with van der Waals surface area (Å²) >= 11 is 0. The molecule has 0 heteroatoms. The highest BCUT2D eigenvalue weighted by Crippen LogP contribution is 2.74. The topological polar surface area (TPSA) is 0 Å². The third-order valence-electron chi connectivity index (χ3n) is 5.72. The molecule has 4 fully saturated rings. The summed E-state index contributed by atoms with van der Waals surface area (Å²) in [5.74, 6) is 0. The van der Waals surface area contributed by atoms with E-state index in [-0.39, 0.29) is 0 Å². The fraction of sp³-hybridized carbons (Fsp3) is 1.00. The van der Waals surface area contributed by atoms with Gasteiger partial charge >= 0.3 is 0 Å². The molecule has 4 rings (SSSR count). The monoisotopic (exact) mass is 206 g/mol. The molecule has 0 radical (unpaired) electrons. The molecular weight excluding hydrogens is 180 g/mol. The second-order valence-corrected chi connectivity index (χ2v) is 8.35. The van der Waals surface area contributed by atoms with Crippen molar-refractivity contribution in [2.24, 2.45) is 21.7 Å². The Hall–Kier alpha value is 0. The molecule has 0 aromatic heterocycles. The zero-order chi connectivity index (χ0) is 10.9. The molecule has 0 atom stereocenters. The Morgan fingerprint density at radius 3 is 1.27 bits per heavy atom. The third kappa shape index (κ3) is 1.33. The predicted molar refractivity (Wildman–Crippen MR) is 64.7 cm³/mol. The van der Waals surface area contributed by atoms with Crippen LogP contribution in [0.25, 0.3) is 0 Å².